The highest BCUT2D eigenvalue weighted by Crippen LogP contribution is 2.24. The van der Waals surface area contributed by atoms with E-state index in [1.54, 1.807) is 6.92 Å². The summed E-state index contributed by atoms with van der Waals surface area (Å²) in [6, 6.07) is 4.88. The summed E-state index contributed by atoms with van der Waals surface area (Å²) < 4.78 is 40.1. The van der Waals surface area contributed by atoms with Crippen molar-refractivity contribution in [3.8, 4) is 5.75 Å². The van der Waals surface area contributed by atoms with Crippen LogP contribution in [0, 0.1) is 6.92 Å². The molecule has 0 atom stereocenters. The van der Waals surface area contributed by atoms with Gasteiger partial charge in [0, 0.05) is 12.6 Å². The predicted molar refractivity (Wildman–Crippen MR) is 59.8 cm³/mol. The first-order chi connectivity index (χ1) is 7.76. The van der Waals surface area contributed by atoms with E-state index >= 15 is 0 Å². The minimum atomic E-state index is -4.64. The van der Waals surface area contributed by atoms with Crippen molar-refractivity contribution in [2.24, 2.45) is 0 Å². The fourth-order valence-electron chi connectivity index (χ4n) is 1.44. The van der Waals surface area contributed by atoms with Crippen LogP contribution >= 0.6 is 0 Å². The Hall–Kier alpha value is -1.23. The van der Waals surface area contributed by atoms with E-state index in [-0.39, 0.29) is 11.8 Å². The highest BCUT2D eigenvalue weighted by Gasteiger charge is 2.31. The van der Waals surface area contributed by atoms with E-state index in [9.17, 15) is 13.2 Å². The molecule has 0 amide bonds. The second kappa shape index (κ2) is 5.40. The van der Waals surface area contributed by atoms with Gasteiger partial charge in [-0.15, -0.1) is 13.2 Å². The van der Waals surface area contributed by atoms with Gasteiger partial charge in [-0.05, 0) is 30.2 Å². The molecule has 1 rings (SSSR count). The molecule has 17 heavy (non-hydrogen) atoms. The quantitative estimate of drug-likeness (QED) is 0.880. The predicted octanol–water partition coefficient (Wildman–Crippen LogP) is 3.39. The Kier molecular flexibility index (Phi) is 4.40. The number of ether oxygens (including phenoxy) is 1. The number of halogens is 3. The standard InChI is InChI=1S/C12H16F3NO/c1-8(2)16-7-10-4-9(3)5-11(6-10)17-12(13,14)15/h4-6,8,16H,7H2,1-3H3. The number of benzene rings is 1. The van der Waals surface area contributed by atoms with Crippen LogP contribution in [0.4, 0.5) is 13.2 Å². The molecule has 0 saturated carbocycles. The molecule has 0 spiro atoms. The Labute approximate surface area is 98.8 Å². The molecule has 0 fully saturated rings. The number of aryl methyl sites for hydroxylation is 1. The average molecular weight is 247 g/mol. The van der Waals surface area contributed by atoms with Crippen LogP contribution in [0.25, 0.3) is 0 Å². The number of alkyl halides is 3. The van der Waals surface area contributed by atoms with Crippen LogP contribution in [0.1, 0.15) is 25.0 Å². The molecule has 0 aliphatic heterocycles. The first kappa shape index (κ1) is 13.8. The Bertz CT molecular complexity index is 375. The molecule has 1 aromatic rings. The lowest BCUT2D eigenvalue weighted by atomic mass is 10.1. The molecule has 1 aromatic carbocycles. The number of hydrogen-bond acceptors (Lipinski definition) is 2. The summed E-state index contributed by atoms with van der Waals surface area (Å²) in [4.78, 5) is 0. The van der Waals surface area contributed by atoms with Crippen molar-refractivity contribution >= 4 is 0 Å². The van der Waals surface area contributed by atoms with Crippen LogP contribution in [-0.2, 0) is 6.54 Å². The molecule has 0 unspecified atom stereocenters. The highest BCUT2D eigenvalue weighted by atomic mass is 19.4. The molecule has 0 heterocycles. The maximum absolute atomic E-state index is 12.1. The van der Waals surface area contributed by atoms with Crippen LogP contribution in [0.15, 0.2) is 18.2 Å². The second-order valence-electron chi connectivity index (χ2n) is 4.24. The molecular formula is C12H16F3NO. The second-order valence-corrected chi connectivity index (χ2v) is 4.24. The van der Waals surface area contributed by atoms with Crippen LogP contribution in [0.5, 0.6) is 5.75 Å². The molecule has 96 valence electrons. The normalized spacial score (nSPS) is 11.9. The van der Waals surface area contributed by atoms with Gasteiger partial charge in [-0.2, -0.15) is 0 Å². The Morgan fingerprint density at radius 1 is 1.24 bits per heavy atom. The summed E-state index contributed by atoms with van der Waals surface area (Å²) >= 11 is 0. The monoisotopic (exact) mass is 247 g/mol. The van der Waals surface area contributed by atoms with Crippen LogP contribution < -0.4 is 10.1 Å². The summed E-state index contributed by atoms with van der Waals surface area (Å²) in [5.74, 6) is -0.168. The van der Waals surface area contributed by atoms with Crippen LogP contribution in [0.2, 0.25) is 0 Å². The van der Waals surface area contributed by atoms with Gasteiger partial charge in [-0.1, -0.05) is 19.9 Å². The summed E-state index contributed by atoms with van der Waals surface area (Å²) in [5.41, 5.74) is 1.52. The molecule has 0 radical (unpaired) electrons. The van der Waals surface area contributed by atoms with Gasteiger partial charge in [0.1, 0.15) is 5.75 Å². The zero-order chi connectivity index (χ0) is 13.1. The zero-order valence-corrected chi connectivity index (χ0v) is 10.1. The number of rotatable bonds is 4. The van der Waals surface area contributed by atoms with E-state index < -0.39 is 6.36 Å². The highest BCUT2D eigenvalue weighted by molar-refractivity contribution is 5.34. The summed E-state index contributed by atoms with van der Waals surface area (Å²) in [7, 11) is 0. The van der Waals surface area contributed by atoms with E-state index in [0.717, 1.165) is 11.1 Å². The summed E-state index contributed by atoms with van der Waals surface area (Å²) in [6.45, 7) is 6.21. The first-order valence-corrected chi connectivity index (χ1v) is 5.36. The van der Waals surface area contributed by atoms with Gasteiger partial charge in [0.05, 0.1) is 0 Å². The zero-order valence-electron chi connectivity index (χ0n) is 10.1. The SMILES string of the molecule is Cc1cc(CNC(C)C)cc(OC(F)(F)F)c1. The number of hydrogen-bond donors (Lipinski definition) is 1. The maximum Gasteiger partial charge on any atom is 0.573 e. The lowest BCUT2D eigenvalue weighted by Crippen LogP contribution is -2.22. The summed E-state index contributed by atoms with van der Waals surface area (Å²) in [6.07, 6.45) is -4.64. The third-order valence-corrected chi connectivity index (χ3v) is 2.06. The average Bonchev–Trinajstić information content (AvgIpc) is 2.10. The molecule has 0 saturated heterocycles. The molecule has 0 bridgehead atoms. The molecule has 0 aliphatic rings. The van der Waals surface area contributed by atoms with Crippen molar-refractivity contribution in [1.29, 1.82) is 0 Å². The van der Waals surface area contributed by atoms with Crippen molar-refractivity contribution in [1.82, 2.24) is 5.32 Å². The van der Waals surface area contributed by atoms with E-state index in [2.05, 4.69) is 10.1 Å². The first-order valence-electron chi connectivity index (χ1n) is 5.36. The van der Waals surface area contributed by atoms with Crippen molar-refractivity contribution in [2.45, 2.75) is 39.7 Å². The maximum atomic E-state index is 12.1. The number of nitrogens with one attached hydrogen (secondary N) is 1. The van der Waals surface area contributed by atoms with E-state index in [4.69, 9.17) is 0 Å². The van der Waals surface area contributed by atoms with Gasteiger partial charge in [-0.3, -0.25) is 0 Å². The van der Waals surface area contributed by atoms with Crippen molar-refractivity contribution in [2.75, 3.05) is 0 Å². The lowest BCUT2D eigenvalue weighted by Gasteiger charge is -2.13. The fourth-order valence-corrected chi connectivity index (χ4v) is 1.44. The Morgan fingerprint density at radius 3 is 2.41 bits per heavy atom. The summed E-state index contributed by atoms with van der Waals surface area (Å²) in [5, 5.41) is 3.14. The van der Waals surface area contributed by atoms with Crippen LogP contribution in [0.3, 0.4) is 0 Å². The van der Waals surface area contributed by atoms with Crippen LogP contribution in [-0.4, -0.2) is 12.4 Å². The third kappa shape index (κ3) is 5.58. The largest absolute Gasteiger partial charge is 0.573 e. The Morgan fingerprint density at radius 2 is 1.88 bits per heavy atom. The molecule has 5 heteroatoms. The van der Waals surface area contributed by atoms with Gasteiger partial charge >= 0.3 is 6.36 Å². The lowest BCUT2D eigenvalue weighted by molar-refractivity contribution is -0.274. The van der Waals surface area contributed by atoms with Gasteiger partial charge in [0.15, 0.2) is 0 Å². The molecule has 0 aromatic heterocycles. The molecule has 1 N–H and O–H groups in total. The topological polar surface area (TPSA) is 21.3 Å². The van der Waals surface area contributed by atoms with E-state index in [1.807, 2.05) is 19.9 Å². The molecule has 0 aliphatic carbocycles. The minimum Gasteiger partial charge on any atom is -0.406 e. The third-order valence-electron chi connectivity index (χ3n) is 2.06. The fraction of sp³-hybridized carbons (Fsp3) is 0.500. The van der Waals surface area contributed by atoms with Crippen molar-refractivity contribution in [3.05, 3.63) is 29.3 Å². The molecular weight excluding hydrogens is 231 g/mol. The van der Waals surface area contributed by atoms with E-state index in [1.165, 1.54) is 12.1 Å². The van der Waals surface area contributed by atoms with Gasteiger partial charge in [0.2, 0.25) is 0 Å². The van der Waals surface area contributed by atoms with E-state index in [0.29, 0.717) is 6.54 Å². The van der Waals surface area contributed by atoms with Crippen molar-refractivity contribution in [3.63, 3.8) is 0 Å². The van der Waals surface area contributed by atoms with Gasteiger partial charge in [-0.25, -0.2) is 0 Å². The Balaban J connectivity index is 2.79. The molecule has 2 nitrogen and oxygen atoms in total. The van der Waals surface area contributed by atoms with Gasteiger partial charge < -0.3 is 10.1 Å². The smallest absolute Gasteiger partial charge is 0.406 e. The van der Waals surface area contributed by atoms with Gasteiger partial charge in [0.25, 0.3) is 0 Å². The van der Waals surface area contributed by atoms with Crippen molar-refractivity contribution < 1.29 is 17.9 Å². The minimum absolute atomic E-state index is 0.168.